The highest BCUT2D eigenvalue weighted by Crippen LogP contribution is 2.41. The lowest BCUT2D eigenvalue weighted by Gasteiger charge is -2.19. The Labute approximate surface area is 171 Å². The maximum Gasteiger partial charge on any atom is 0.228 e. The van der Waals surface area contributed by atoms with Crippen molar-refractivity contribution in [3.63, 3.8) is 0 Å². The third-order valence-electron chi connectivity index (χ3n) is 5.13. The van der Waals surface area contributed by atoms with Crippen molar-refractivity contribution < 1.29 is 19.1 Å². The van der Waals surface area contributed by atoms with Gasteiger partial charge in [0.15, 0.2) is 11.5 Å². The van der Waals surface area contributed by atoms with E-state index in [0.29, 0.717) is 23.6 Å². The van der Waals surface area contributed by atoms with Crippen LogP contribution in [0.1, 0.15) is 32.8 Å². The Morgan fingerprint density at radius 1 is 0.828 bits per heavy atom. The van der Waals surface area contributed by atoms with Gasteiger partial charge in [0.25, 0.3) is 0 Å². The van der Waals surface area contributed by atoms with E-state index in [0.717, 1.165) is 5.69 Å². The Bertz CT molecular complexity index is 900. The first-order chi connectivity index (χ1) is 13.7. The summed E-state index contributed by atoms with van der Waals surface area (Å²) in [5.74, 6) is 0.205. The van der Waals surface area contributed by atoms with Crippen molar-refractivity contribution in [1.29, 1.82) is 0 Å². The van der Waals surface area contributed by atoms with Gasteiger partial charge in [-0.05, 0) is 41.7 Å². The second-order valence-corrected chi connectivity index (χ2v) is 8.32. The molecule has 2 N–H and O–H groups in total. The van der Waals surface area contributed by atoms with Gasteiger partial charge >= 0.3 is 0 Å². The van der Waals surface area contributed by atoms with E-state index in [1.165, 1.54) is 5.56 Å². The minimum absolute atomic E-state index is 0.0619. The summed E-state index contributed by atoms with van der Waals surface area (Å²) in [6.45, 7) is 6.44. The van der Waals surface area contributed by atoms with Gasteiger partial charge in [-0.3, -0.25) is 9.59 Å². The van der Waals surface area contributed by atoms with Gasteiger partial charge in [0, 0.05) is 17.4 Å². The lowest BCUT2D eigenvalue weighted by atomic mass is 9.87. The van der Waals surface area contributed by atoms with Crippen molar-refractivity contribution in [2.24, 2.45) is 11.8 Å². The Hall–Kier alpha value is -3.02. The molecule has 6 nitrogen and oxygen atoms in total. The van der Waals surface area contributed by atoms with Gasteiger partial charge in [-0.1, -0.05) is 32.9 Å². The molecule has 2 amide bonds. The predicted molar refractivity (Wildman–Crippen MR) is 114 cm³/mol. The standard InChI is InChI=1S/C23H28N2O4/c1-23(2,3)14-6-8-15(9-7-14)24-21(26)17-13-18(17)22(27)25-16-10-11-19(28-4)20(12-16)29-5/h6-12,17-18H,13H2,1-5H3,(H,24,26)(H,25,27). The molecule has 154 valence electrons. The minimum Gasteiger partial charge on any atom is -0.493 e. The number of ether oxygens (including phenoxy) is 2. The van der Waals surface area contributed by atoms with Gasteiger partial charge in [0.1, 0.15) is 0 Å². The van der Waals surface area contributed by atoms with Crippen LogP contribution in [0.15, 0.2) is 42.5 Å². The van der Waals surface area contributed by atoms with Gasteiger partial charge in [0.2, 0.25) is 11.8 Å². The van der Waals surface area contributed by atoms with Crippen molar-refractivity contribution in [2.75, 3.05) is 24.9 Å². The van der Waals surface area contributed by atoms with Crippen LogP contribution in [0.25, 0.3) is 0 Å². The molecule has 2 unspecified atom stereocenters. The van der Waals surface area contributed by atoms with Gasteiger partial charge in [-0.2, -0.15) is 0 Å². The number of hydrogen-bond donors (Lipinski definition) is 2. The van der Waals surface area contributed by atoms with E-state index >= 15 is 0 Å². The number of methoxy groups -OCH3 is 2. The van der Waals surface area contributed by atoms with E-state index in [1.54, 1.807) is 32.4 Å². The molecule has 29 heavy (non-hydrogen) atoms. The van der Waals surface area contributed by atoms with E-state index < -0.39 is 0 Å². The minimum atomic E-state index is -0.322. The second-order valence-electron chi connectivity index (χ2n) is 8.32. The number of benzene rings is 2. The third-order valence-corrected chi connectivity index (χ3v) is 5.13. The summed E-state index contributed by atoms with van der Waals surface area (Å²) in [6, 6.07) is 13.0. The molecule has 0 aliphatic heterocycles. The Balaban J connectivity index is 1.56. The average Bonchev–Trinajstić information content (AvgIpc) is 3.49. The van der Waals surface area contributed by atoms with Crippen molar-refractivity contribution in [2.45, 2.75) is 32.6 Å². The third kappa shape index (κ3) is 4.88. The first-order valence-corrected chi connectivity index (χ1v) is 9.67. The summed E-state index contributed by atoms with van der Waals surface area (Å²) in [6.07, 6.45) is 0.547. The van der Waals surface area contributed by atoms with E-state index in [4.69, 9.17) is 9.47 Å². The zero-order valence-electron chi connectivity index (χ0n) is 17.5. The fourth-order valence-corrected chi connectivity index (χ4v) is 3.21. The van der Waals surface area contributed by atoms with Crippen LogP contribution in [-0.2, 0) is 15.0 Å². The smallest absolute Gasteiger partial charge is 0.228 e. The summed E-state index contributed by atoms with van der Waals surface area (Å²) in [4.78, 5) is 25.0. The fraction of sp³-hybridized carbons (Fsp3) is 0.391. The molecular formula is C23H28N2O4. The first-order valence-electron chi connectivity index (χ1n) is 9.67. The van der Waals surface area contributed by atoms with Crippen LogP contribution in [0.3, 0.4) is 0 Å². The maximum atomic E-state index is 12.5. The van der Waals surface area contributed by atoms with Gasteiger partial charge in [-0.15, -0.1) is 0 Å². The highest BCUT2D eigenvalue weighted by molar-refractivity contribution is 6.03. The lowest BCUT2D eigenvalue weighted by molar-refractivity contribution is -0.122. The second kappa shape index (κ2) is 8.15. The quantitative estimate of drug-likeness (QED) is 0.767. The van der Waals surface area contributed by atoms with Crippen LogP contribution in [-0.4, -0.2) is 26.0 Å². The number of amides is 2. The molecule has 0 spiro atoms. The van der Waals surface area contributed by atoms with Crippen LogP contribution >= 0.6 is 0 Å². The van der Waals surface area contributed by atoms with Gasteiger partial charge in [0.05, 0.1) is 26.1 Å². The Morgan fingerprint density at radius 2 is 1.34 bits per heavy atom. The number of carbonyl (C=O) groups excluding carboxylic acids is 2. The first kappa shape index (κ1) is 20.7. The molecule has 1 saturated carbocycles. The van der Waals surface area contributed by atoms with E-state index in [1.807, 2.05) is 24.3 Å². The van der Waals surface area contributed by atoms with Gasteiger partial charge < -0.3 is 20.1 Å². The number of carbonyl (C=O) groups is 2. The van der Waals surface area contributed by atoms with Crippen LogP contribution in [0.5, 0.6) is 11.5 Å². The van der Waals surface area contributed by atoms with Crippen molar-refractivity contribution in [3.05, 3.63) is 48.0 Å². The van der Waals surface area contributed by atoms with Crippen molar-refractivity contribution in [1.82, 2.24) is 0 Å². The Kier molecular flexibility index (Phi) is 5.82. The van der Waals surface area contributed by atoms with Crippen LogP contribution < -0.4 is 20.1 Å². The normalized spacial score (nSPS) is 18.0. The number of anilines is 2. The number of hydrogen-bond acceptors (Lipinski definition) is 4. The molecule has 2 aromatic carbocycles. The molecule has 0 saturated heterocycles. The summed E-state index contributed by atoms with van der Waals surface area (Å²) in [5, 5.41) is 5.76. The molecule has 1 fully saturated rings. The van der Waals surface area contributed by atoms with Crippen molar-refractivity contribution in [3.8, 4) is 11.5 Å². The van der Waals surface area contributed by atoms with Crippen LogP contribution in [0, 0.1) is 11.8 Å². The molecule has 2 atom stereocenters. The lowest BCUT2D eigenvalue weighted by Crippen LogP contribution is -2.20. The topological polar surface area (TPSA) is 76.7 Å². The molecule has 1 aliphatic carbocycles. The monoisotopic (exact) mass is 396 g/mol. The largest absolute Gasteiger partial charge is 0.493 e. The predicted octanol–water partition coefficient (Wildman–Crippen LogP) is 4.21. The number of rotatable bonds is 6. The van der Waals surface area contributed by atoms with Crippen LogP contribution in [0.2, 0.25) is 0 Å². The Morgan fingerprint density at radius 3 is 1.86 bits per heavy atom. The maximum absolute atomic E-state index is 12.5. The van der Waals surface area contributed by atoms with E-state index in [9.17, 15) is 9.59 Å². The summed E-state index contributed by atoms with van der Waals surface area (Å²) in [7, 11) is 3.10. The van der Waals surface area contributed by atoms with E-state index in [2.05, 4.69) is 31.4 Å². The zero-order valence-corrected chi connectivity index (χ0v) is 17.5. The molecule has 2 aromatic rings. The SMILES string of the molecule is COc1ccc(NC(=O)C2CC2C(=O)Nc2ccc(C(C)(C)C)cc2)cc1OC. The highest BCUT2D eigenvalue weighted by Gasteiger charge is 2.48. The average molecular weight is 396 g/mol. The molecule has 3 rings (SSSR count). The summed E-state index contributed by atoms with van der Waals surface area (Å²) in [5.41, 5.74) is 2.62. The molecular weight excluding hydrogens is 368 g/mol. The molecule has 0 radical (unpaired) electrons. The number of nitrogens with one attached hydrogen (secondary N) is 2. The van der Waals surface area contributed by atoms with Crippen LogP contribution in [0.4, 0.5) is 11.4 Å². The molecule has 6 heteroatoms. The van der Waals surface area contributed by atoms with E-state index in [-0.39, 0.29) is 29.1 Å². The molecule has 0 bridgehead atoms. The molecule has 0 heterocycles. The molecule has 1 aliphatic rings. The highest BCUT2D eigenvalue weighted by atomic mass is 16.5. The summed E-state index contributed by atoms with van der Waals surface area (Å²) < 4.78 is 10.4. The van der Waals surface area contributed by atoms with Gasteiger partial charge in [-0.25, -0.2) is 0 Å². The molecule has 0 aromatic heterocycles. The van der Waals surface area contributed by atoms with Crippen molar-refractivity contribution >= 4 is 23.2 Å². The summed E-state index contributed by atoms with van der Waals surface area (Å²) >= 11 is 0. The fourth-order valence-electron chi connectivity index (χ4n) is 3.21. The zero-order chi connectivity index (χ0) is 21.2.